The number of rotatable bonds is 3. The van der Waals surface area contributed by atoms with E-state index in [0.717, 1.165) is 12.8 Å². The van der Waals surface area contributed by atoms with E-state index in [9.17, 15) is 8.42 Å². The minimum absolute atomic E-state index is 0.0783. The van der Waals surface area contributed by atoms with Crippen LogP contribution in [0.4, 0.5) is 0 Å². The molecule has 1 aliphatic rings. The van der Waals surface area contributed by atoms with Crippen LogP contribution in [0.3, 0.4) is 0 Å². The predicted octanol–water partition coefficient (Wildman–Crippen LogP) is 1.58. The molecule has 8 heteroatoms. The first kappa shape index (κ1) is 12.6. The Kier molecular flexibility index (Phi) is 2.84. The smallest absolute Gasteiger partial charge is 0.273 e. The van der Waals surface area contributed by atoms with E-state index >= 15 is 0 Å². The second-order valence-electron chi connectivity index (χ2n) is 4.43. The number of sulfonamides is 1. The molecule has 0 aliphatic heterocycles. The molecule has 1 aliphatic carbocycles. The fourth-order valence-electron chi connectivity index (χ4n) is 1.96. The van der Waals surface area contributed by atoms with Crippen LogP contribution < -0.4 is 5.14 Å². The van der Waals surface area contributed by atoms with Gasteiger partial charge in [0.15, 0.2) is 5.82 Å². The van der Waals surface area contributed by atoms with Crippen molar-refractivity contribution in [2.75, 3.05) is 0 Å². The van der Waals surface area contributed by atoms with Crippen molar-refractivity contribution in [1.29, 1.82) is 0 Å². The maximum Gasteiger partial charge on any atom is 0.273 e. The minimum atomic E-state index is -3.89. The first-order valence-electron chi connectivity index (χ1n) is 5.71. The van der Waals surface area contributed by atoms with Gasteiger partial charge in [-0.2, -0.15) is 0 Å². The van der Waals surface area contributed by atoms with Crippen molar-refractivity contribution in [1.82, 2.24) is 14.8 Å². The zero-order chi connectivity index (χ0) is 13.6. The summed E-state index contributed by atoms with van der Waals surface area (Å²) in [6, 6.07) is 7.18. The second-order valence-corrected chi connectivity index (χ2v) is 6.29. The Morgan fingerprint density at radius 1 is 1.26 bits per heavy atom. The Balaban J connectivity index is 2.24. The van der Waals surface area contributed by atoms with E-state index in [1.807, 2.05) is 6.07 Å². The molecule has 3 rings (SSSR count). The van der Waals surface area contributed by atoms with Gasteiger partial charge >= 0.3 is 0 Å². The fourth-order valence-corrected chi connectivity index (χ4v) is 2.84. The van der Waals surface area contributed by atoms with Crippen molar-refractivity contribution in [2.45, 2.75) is 24.0 Å². The molecule has 2 aromatic rings. The van der Waals surface area contributed by atoms with Crippen LogP contribution in [0.25, 0.3) is 11.4 Å². The molecule has 0 spiro atoms. The number of nitrogens with zero attached hydrogens (tertiary/aromatic N) is 3. The van der Waals surface area contributed by atoms with Gasteiger partial charge in [0.05, 0.1) is 5.02 Å². The van der Waals surface area contributed by atoms with Crippen LogP contribution in [-0.2, 0) is 10.0 Å². The number of halogens is 1. The third-order valence-electron chi connectivity index (χ3n) is 2.95. The van der Waals surface area contributed by atoms with Crippen LogP contribution in [0, 0.1) is 0 Å². The molecule has 1 saturated carbocycles. The molecule has 0 saturated heterocycles. The van der Waals surface area contributed by atoms with Crippen molar-refractivity contribution in [3.05, 3.63) is 29.3 Å². The predicted molar refractivity (Wildman–Crippen MR) is 70.1 cm³/mol. The van der Waals surface area contributed by atoms with E-state index in [-0.39, 0.29) is 11.2 Å². The van der Waals surface area contributed by atoms with Gasteiger partial charge in [0.25, 0.3) is 15.2 Å². The molecule has 0 bridgehead atoms. The van der Waals surface area contributed by atoms with Crippen LogP contribution in [0.2, 0.25) is 5.02 Å². The highest BCUT2D eigenvalue weighted by atomic mass is 35.5. The number of aromatic nitrogens is 3. The SMILES string of the molecule is NS(=O)(=O)c1nnc(-c2ccccc2Cl)n1C1CC1. The van der Waals surface area contributed by atoms with Crippen LogP contribution in [0.5, 0.6) is 0 Å². The number of hydrogen-bond donors (Lipinski definition) is 1. The molecule has 1 heterocycles. The summed E-state index contributed by atoms with van der Waals surface area (Å²) in [5.74, 6) is 0.442. The largest absolute Gasteiger partial charge is 0.294 e. The summed E-state index contributed by atoms with van der Waals surface area (Å²) in [4.78, 5) is 0. The Morgan fingerprint density at radius 3 is 2.53 bits per heavy atom. The van der Waals surface area contributed by atoms with Crippen molar-refractivity contribution in [3.63, 3.8) is 0 Å². The van der Waals surface area contributed by atoms with E-state index in [0.29, 0.717) is 16.4 Å². The molecule has 2 N–H and O–H groups in total. The first-order chi connectivity index (χ1) is 8.98. The third kappa shape index (κ3) is 2.24. The lowest BCUT2D eigenvalue weighted by Crippen LogP contribution is -2.18. The Labute approximate surface area is 115 Å². The van der Waals surface area contributed by atoms with Crippen molar-refractivity contribution in [3.8, 4) is 11.4 Å². The van der Waals surface area contributed by atoms with Crippen LogP contribution >= 0.6 is 11.6 Å². The van der Waals surface area contributed by atoms with Crippen LogP contribution in [0.15, 0.2) is 29.4 Å². The molecule has 19 heavy (non-hydrogen) atoms. The van der Waals surface area contributed by atoms with Crippen molar-refractivity contribution >= 4 is 21.6 Å². The molecular weight excluding hydrogens is 288 g/mol. The Morgan fingerprint density at radius 2 is 1.95 bits per heavy atom. The normalized spacial score (nSPS) is 15.7. The highest BCUT2D eigenvalue weighted by Gasteiger charge is 2.33. The summed E-state index contributed by atoms with van der Waals surface area (Å²) in [6.45, 7) is 0. The van der Waals surface area contributed by atoms with Crippen molar-refractivity contribution in [2.24, 2.45) is 5.14 Å². The monoisotopic (exact) mass is 298 g/mol. The van der Waals surface area contributed by atoms with Crippen LogP contribution in [0.1, 0.15) is 18.9 Å². The van der Waals surface area contributed by atoms with Gasteiger partial charge in [-0.05, 0) is 25.0 Å². The number of benzene rings is 1. The van der Waals surface area contributed by atoms with Crippen molar-refractivity contribution < 1.29 is 8.42 Å². The second kappa shape index (κ2) is 4.29. The van der Waals surface area contributed by atoms with E-state index in [2.05, 4.69) is 10.2 Å². The summed E-state index contributed by atoms with van der Waals surface area (Å²) in [5, 5.41) is 13.1. The summed E-state index contributed by atoms with van der Waals surface area (Å²) >= 11 is 6.12. The van der Waals surface area contributed by atoms with Gasteiger partial charge in [-0.25, -0.2) is 13.6 Å². The summed E-state index contributed by atoms with van der Waals surface area (Å²) < 4.78 is 24.6. The third-order valence-corrected chi connectivity index (χ3v) is 4.06. The standard InChI is InChI=1S/C11H11ClN4O2S/c12-9-4-2-1-3-8(9)10-14-15-11(19(13,17)18)16(10)7-5-6-7/h1-4,7H,5-6H2,(H2,13,17,18). The molecule has 0 amide bonds. The lowest BCUT2D eigenvalue weighted by atomic mass is 10.2. The van der Waals surface area contributed by atoms with Gasteiger partial charge in [0.1, 0.15) is 0 Å². The molecule has 0 unspecified atom stereocenters. The summed E-state index contributed by atoms with van der Waals surface area (Å²) in [6.07, 6.45) is 1.77. The molecule has 6 nitrogen and oxygen atoms in total. The zero-order valence-electron chi connectivity index (χ0n) is 9.82. The fraction of sp³-hybridized carbons (Fsp3) is 0.273. The maximum atomic E-state index is 11.5. The molecule has 0 atom stereocenters. The average molecular weight is 299 g/mol. The summed E-state index contributed by atoms with van der Waals surface area (Å²) in [7, 11) is -3.89. The van der Waals surface area contributed by atoms with Gasteiger partial charge < -0.3 is 0 Å². The molecule has 1 aromatic heterocycles. The van der Waals surface area contributed by atoms with E-state index < -0.39 is 10.0 Å². The lowest BCUT2D eigenvalue weighted by Gasteiger charge is -2.08. The zero-order valence-corrected chi connectivity index (χ0v) is 11.4. The topological polar surface area (TPSA) is 90.9 Å². The summed E-state index contributed by atoms with van der Waals surface area (Å²) in [5.41, 5.74) is 0.651. The number of hydrogen-bond acceptors (Lipinski definition) is 4. The van der Waals surface area contributed by atoms with Crippen LogP contribution in [-0.4, -0.2) is 23.2 Å². The first-order valence-corrected chi connectivity index (χ1v) is 7.63. The molecule has 1 aromatic carbocycles. The molecule has 0 radical (unpaired) electrons. The quantitative estimate of drug-likeness (QED) is 0.931. The van der Waals surface area contributed by atoms with E-state index in [4.69, 9.17) is 16.7 Å². The lowest BCUT2D eigenvalue weighted by molar-refractivity contribution is 0.567. The molecular formula is C11H11ClN4O2S. The van der Waals surface area contributed by atoms with Gasteiger partial charge in [0, 0.05) is 11.6 Å². The van der Waals surface area contributed by atoms with E-state index in [1.165, 1.54) is 0 Å². The molecule has 100 valence electrons. The molecule has 1 fully saturated rings. The Hall–Kier alpha value is -1.44. The number of nitrogens with two attached hydrogens (primary N) is 1. The Bertz CT molecular complexity index is 737. The number of primary sulfonamides is 1. The highest BCUT2D eigenvalue weighted by molar-refractivity contribution is 7.89. The minimum Gasteiger partial charge on any atom is -0.294 e. The average Bonchev–Trinajstić information content (AvgIpc) is 3.07. The maximum absolute atomic E-state index is 11.5. The van der Waals surface area contributed by atoms with Gasteiger partial charge in [-0.1, -0.05) is 23.7 Å². The van der Waals surface area contributed by atoms with Gasteiger partial charge in [-0.3, -0.25) is 4.57 Å². The highest BCUT2D eigenvalue weighted by Crippen LogP contribution is 2.40. The van der Waals surface area contributed by atoms with Gasteiger partial charge in [-0.15, -0.1) is 10.2 Å². The van der Waals surface area contributed by atoms with E-state index in [1.54, 1.807) is 22.8 Å². The van der Waals surface area contributed by atoms with Gasteiger partial charge in [0.2, 0.25) is 0 Å².